The van der Waals surface area contributed by atoms with E-state index >= 15 is 0 Å². The van der Waals surface area contributed by atoms with E-state index in [0.29, 0.717) is 30.4 Å². The van der Waals surface area contributed by atoms with Crippen LogP contribution in [0.3, 0.4) is 0 Å². The summed E-state index contributed by atoms with van der Waals surface area (Å²) >= 11 is 0. The van der Waals surface area contributed by atoms with Crippen molar-refractivity contribution >= 4 is 11.6 Å². The third kappa shape index (κ3) is 5.30. The van der Waals surface area contributed by atoms with Gasteiger partial charge in [-0.15, -0.1) is 0 Å². The Hall–Kier alpha value is -2.49. The van der Waals surface area contributed by atoms with Gasteiger partial charge in [-0.1, -0.05) is 32.9 Å². The second-order valence-electron chi connectivity index (χ2n) is 6.03. The monoisotopic (exact) mass is 327 g/mol. The molecule has 4 nitrogen and oxygen atoms in total. The van der Waals surface area contributed by atoms with E-state index in [-0.39, 0.29) is 5.91 Å². The van der Waals surface area contributed by atoms with Crippen LogP contribution in [0.5, 0.6) is 11.5 Å². The van der Waals surface area contributed by atoms with Crippen molar-refractivity contribution in [2.75, 3.05) is 18.5 Å². The highest BCUT2D eigenvalue weighted by atomic mass is 16.5. The number of benzene rings is 2. The molecule has 1 amide bonds. The molecule has 0 fully saturated rings. The molecular formula is C20H25NO3. The first-order chi connectivity index (χ1) is 11.6. The fourth-order valence-corrected chi connectivity index (χ4v) is 2.09. The topological polar surface area (TPSA) is 47.6 Å². The van der Waals surface area contributed by atoms with Crippen molar-refractivity contribution in [3.05, 3.63) is 54.1 Å². The first-order valence-electron chi connectivity index (χ1n) is 8.36. The van der Waals surface area contributed by atoms with Crippen LogP contribution in [-0.2, 0) is 0 Å². The number of anilines is 1. The predicted octanol–water partition coefficient (Wildman–Crippen LogP) is 4.76. The summed E-state index contributed by atoms with van der Waals surface area (Å²) in [7, 11) is 0. The Morgan fingerprint density at radius 2 is 1.75 bits per heavy atom. The molecule has 0 aromatic heterocycles. The minimum atomic E-state index is -0.183. The smallest absolute Gasteiger partial charge is 0.259 e. The van der Waals surface area contributed by atoms with Crippen LogP contribution in [0, 0.1) is 5.92 Å². The molecule has 4 heteroatoms. The van der Waals surface area contributed by atoms with Crippen LogP contribution in [0.15, 0.2) is 48.5 Å². The van der Waals surface area contributed by atoms with E-state index in [4.69, 9.17) is 9.47 Å². The third-order valence-corrected chi connectivity index (χ3v) is 3.29. The summed E-state index contributed by atoms with van der Waals surface area (Å²) in [5.41, 5.74) is 1.26. The molecule has 0 atom stereocenters. The lowest BCUT2D eigenvalue weighted by Crippen LogP contribution is -2.14. The van der Waals surface area contributed by atoms with Crippen LogP contribution in [0.1, 0.15) is 37.6 Å². The van der Waals surface area contributed by atoms with Gasteiger partial charge in [-0.2, -0.15) is 0 Å². The molecule has 0 saturated carbocycles. The van der Waals surface area contributed by atoms with E-state index in [1.807, 2.05) is 49.4 Å². The molecule has 128 valence electrons. The summed E-state index contributed by atoms with van der Waals surface area (Å²) in [6, 6.07) is 14.7. The molecule has 2 aromatic carbocycles. The van der Waals surface area contributed by atoms with Gasteiger partial charge in [-0.25, -0.2) is 0 Å². The molecule has 0 radical (unpaired) electrons. The zero-order valence-electron chi connectivity index (χ0n) is 14.5. The van der Waals surface area contributed by atoms with Crippen LogP contribution in [0.2, 0.25) is 0 Å². The predicted molar refractivity (Wildman–Crippen MR) is 97.0 cm³/mol. The van der Waals surface area contributed by atoms with Crippen LogP contribution in [0.25, 0.3) is 0 Å². The molecule has 0 aliphatic heterocycles. The van der Waals surface area contributed by atoms with E-state index in [0.717, 1.165) is 17.9 Å². The van der Waals surface area contributed by atoms with Crippen molar-refractivity contribution in [1.82, 2.24) is 0 Å². The Labute approximate surface area is 143 Å². The summed E-state index contributed by atoms with van der Waals surface area (Å²) < 4.78 is 11.3. The van der Waals surface area contributed by atoms with E-state index in [2.05, 4.69) is 19.2 Å². The van der Waals surface area contributed by atoms with Gasteiger partial charge in [0.1, 0.15) is 11.5 Å². The zero-order chi connectivity index (χ0) is 17.4. The molecule has 0 heterocycles. The molecule has 0 aliphatic carbocycles. The normalized spacial score (nSPS) is 10.5. The first-order valence-corrected chi connectivity index (χ1v) is 8.36. The largest absolute Gasteiger partial charge is 0.493 e. The SMILES string of the molecule is CCCOc1ccccc1C(=O)Nc1ccc(OCC(C)C)cc1. The molecular weight excluding hydrogens is 302 g/mol. The quantitative estimate of drug-likeness (QED) is 0.760. The molecule has 2 rings (SSSR count). The number of nitrogens with one attached hydrogen (secondary N) is 1. The summed E-state index contributed by atoms with van der Waals surface area (Å²) in [4.78, 5) is 12.5. The van der Waals surface area contributed by atoms with Crippen LogP contribution in [-0.4, -0.2) is 19.1 Å². The Morgan fingerprint density at radius 3 is 2.42 bits per heavy atom. The molecule has 0 spiro atoms. The van der Waals surface area contributed by atoms with Gasteiger partial charge < -0.3 is 14.8 Å². The Kier molecular flexibility index (Phi) is 6.67. The summed E-state index contributed by atoms with van der Waals surface area (Å²) in [5, 5.41) is 2.89. The van der Waals surface area contributed by atoms with Gasteiger partial charge in [0.2, 0.25) is 0 Å². The van der Waals surface area contributed by atoms with E-state index in [9.17, 15) is 4.79 Å². The van der Waals surface area contributed by atoms with Crippen molar-refractivity contribution in [3.8, 4) is 11.5 Å². The second kappa shape index (κ2) is 8.96. The fraction of sp³-hybridized carbons (Fsp3) is 0.350. The van der Waals surface area contributed by atoms with Gasteiger partial charge in [-0.05, 0) is 48.7 Å². The van der Waals surface area contributed by atoms with Crippen LogP contribution in [0.4, 0.5) is 5.69 Å². The number of hydrogen-bond donors (Lipinski definition) is 1. The van der Waals surface area contributed by atoms with Crippen LogP contribution >= 0.6 is 0 Å². The molecule has 2 aromatic rings. The average Bonchev–Trinajstić information content (AvgIpc) is 2.59. The Bertz CT molecular complexity index is 650. The van der Waals surface area contributed by atoms with Crippen molar-refractivity contribution in [2.45, 2.75) is 27.2 Å². The first kappa shape index (κ1) is 17.9. The standard InChI is InChI=1S/C20H25NO3/c1-4-13-23-19-8-6-5-7-18(19)20(22)21-16-9-11-17(12-10-16)24-14-15(2)3/h5-12,15H,4,13-14H2,1-3H3,(H,21,22). The number of hydrogen-bond acceptors (Lipinski definition) is 3. The minimum Gasteiger partial charge on any atom is -0.493 e. The summed E-state index contributed by atoms with van der Waals surface area (Å²) in [6.45, 7) is 7.50. The lowest BCUT2D eigenvalue weighted by atomic mass is 10.2. The fourth-order valence-electron chi connectivity index (χ4n) is 2.09. The highest BCUT2D eigenvalue weighted by Crippen LogP contribution is 2.21. The van der Waals surface area contributed by atoms with Gasteiger partial charge in [0.25, 0.3) is 5.91 Å². The van der Waals surface area contributed by atoms with Crippen molar-refractivity contribution in [2.24, 2.45) is 5.92 Å². The Balaban J connectivity index is 2.02. The van der Waals surface area contributed by atoms with Crippen LogP contribution < -0.4 is 14.8 Å². The van der Waals surface area contributed by atoms with Gasteiger partial charge >= 0.3 is 0 Å². The zero-order valence-corrected chi connectivity index (χ0v) is 14.5. The van der Waals surface area contributed by atoms with Gasteiger partial charge in [0.15, 0.2) is 0 Å². The second-order valence-corrected chi connectivity index (χ2v) is 6.03. The van der Waals surface area contributed by atoms with Gasteiger partial charge in [0.05, 0.1) is 18.8 Å². The van der Waals surface area contributed by atoms with Crippen molar-refractivity contribution < 1.29 is 14.3 Å². The molecule has 1 N–H and O–H groups in total. The van der Waals surface area contributed by atoms with Gasteiger partial charge in [-0.3, -0.25) is 4.79 Å². The number of ether oxygens (including phenoxy) is 2. The minimum absolute atomic E-state index is 0.183. The summed E-state index contributed by atoms with van der Waals surface area (Å²) in [5.74, 6) is 1.70. The third-order valence-electron chi connectivity index (χ3n) is 3.29. The highest BCUT2D eigenvalue weighted by Gasteiger charge is 2.12. The Morgan fingerprint density at radius 1 is 1.04 bits per heavy atom. The maximum Gasteiger partial charge on any atom is 0.259 e. The number of carbonyl (C=O) groups excluding carboxylic acids is 1. The molecule has 0 saturated heterocycles. The lowest BCUT2D eigenvalue weighted by molar-refractivity contribution is 0.102. The molecule has 0 bridgehead atoms. The number of rotatable bonds is 8. The average molecular weight is 327 g/mol. The maximum absolute atomic E-state index is 12.5. The number of para-hydroxylation sites is 1. The molecule has 0 aliphatic rings. The molecule has 24 heavy (non-hydrogen) atoms. The highest BCUT2D eigenvalue weighted by molar-refractivity contribution is 6.06. The number of amides is 1. The van der Waals surface area contributed by atoms with E-state index < -0.39 is 0 Å². The van der Waals surface area contributed by atoms with Crippen molar-refractivity contribution in [1.29, 1.82) is 0 Å². The summed E-state index contributed by atoms with van der Waals surface area (Å²) in [6.07, 6.45) is 0.897. The van der Waals surface area contributed by atoms with Crippen molar-refractivity contribution in [3.63, 3.8) is 0 Å². The van der Waals surface area contributed by atoms with E-state index in [1.165, 1.54) is 0 Å². The van der Waals surface area contributed by atoms with Gasteiger partial charge in [0, 0.05) is 5.69 Å². The number of carbonyl (C=O) groups is 1. The van der Waals surface area contributed by atoms with E-state index in [1.54, 1.807) is 6.07 Å². The maximum atomic E-state index is 12.5. The lowest BCUT2D eigenvalue weighted by Gasteiger charge is -2.12. The molecule has 0 unspecified atom stereocenters.